The van der Waals surface area contributed by atoms with Crippen molar-refractivity contribution in [3.63, 3.8) is 0 Å². The summed E-state index contributed by atoms with van der Waals surface area (Å²) < 4.78 is 14.2. The van der Waals surface area contributed by atoms with E-state index in [-0.39, 0.29) is 48.9 Å². The molecule has 1 unspecified atom stereocenters. The average Bonchev–Trinajstić information content (AvgIpc) is 4.00. The highest BCUT2D eigenvalue weighted by molar-refractivity contribution is 7.10. The predicted molar refractivity (Wildman–Crippen MR) is 252 cm³/mol. The number of cyclic esters (lactones) is 1. The van der Waals surface area contributed by atoms with Crippen molar-refractivity contribution in [3.05, 3.63) is 70.8 Å². The van der Waals surface area contributed by atoms with Crippen molar-refractivity contribution in [2.24, 2.45) is 17.3 Å². The molecular weight excluding hydrogens is 859 g/mol. The van der Waals surface area contributed by atoms with Gasteiger partial charge in [-0.05, 0) is 74.9 Å². The Labute approximate surface area is 390 Å². The van der Waals surface area contributed by atoms with Crippen molar-refractivity contribution in [1.29, 1.82) is 0 Å². The SMILES string of the molecule is C=CC(=O)N1C[C@@H]2CN(C(=O)N(C)C(C(=O)N[C@H]3Cc4nc(cs4)-c4ccc5c(c4)c(c(-c4cccnc4[C@H](C)OC)n5CC)CC(C)(C)COC(=O)[C@@H]4CCCN(N4)C3=O)C(C)C)[C@@H]2C1. The minimum atomic E-state index is -1.08. The van der Waals surface area contributed by atoms with Gasteiger partial charge in [0.2, 0.25) is 11.8 Å². The number of esters is 1. The smallest absolute Gasteiger partial charge is 0.324 e. The number of carbonyl (C=O) groups excluding carboxylic acids is 5. The van der Waals surface area contributed by atoms with Crippen LogP contribution in [0.2, 0.25) is 0 Å². The number of ether oxygens (including phenoxy) is 2. The van der Waals surface area contributed by atoms with Gasteiger partial charge in [0.05, 0.1) is 40.8 Å². The fraction of sp³-hybridized carbons (Fsp3) is 0.531. The Kier molecular flexibility index (Phi) is 13.4. The van der Waals surface area contributed by atoms with Crippen molar-refractivity contribution < 1.29 is 33.4 Å². The van der Waals surface area contributed by atoms with Gasteiger partial charge in [-0.2, -0.15) is 0 Å². The lowest BCUT2D eigenvalue weighted by molar-refractivity contribution is -0.155. The second-order valence-electron chi connectivity index (χ2n) is 19.3. The molecule has 0 radical (unpaired) electrons. The largest absolute Gasteiger partial charge is 0.464 e. The number of nitrogens with zero attached hydrogens (tertiary/aromatic N) is 7. The van der Waals surface area contributed by atoms with E-state index in [9.17, 15) is 24.0 Å². The van der Waals surface area contributed by atoms with E-state index >= 15 is 0 Å². The molecule has 0 saturated carbocycles. The van der Waals surface area contributed by atoms with Crippen LogP contribution < -0.4 is 10.7 Å². The van der Waals surface area contributed by atoms with Crippen LogP contribution in [-0.4, -0.2) is 135 Å². The third-order valence-corrected chi connectivity index (χ3v) is 14.6. The number of benzene rings is 1. The Hall–Kier alpha value is -5.65. The van der Waals surface area contributed by atoms with Crippen LogP contribution in [0.15, 0.2) is 54.6 Å². The molecule has 0 aliphatic carbocycles. The Morgan fingerprint density at radius 3 is 2.67 bits per heavy atom. The Balaban J connectivity index is 1.14. The maximum absolute atomic E-state index is 14.6. The number of aromatic nitrogens is 3. The van der Waals surface area contributed by atoms with Crippen LogP contribution in [0.5, 0.6) is 0 Å². The van der Waals surface area contributed by atoms with Crippen molar-refractivity contribution in [2.45, 2.75) is 104 Å². The van der Waals surface area contributed by atoms with E-state index in [1.165, 1.54) is 27.3 Å². The molecule has 5 amide bonds. The maximum Gasteiger partial charge on any atom is 0.324 e. The van der Waals surface area contributed by atoms with Crippen LogP contribution >= 0.6 is 11.3 Å². The van der Waals surface area contributed by atoms with E-state index in [1.807, 2.05) is 32.2 Å². The van der Waals surface area contributed by atoms with Crippen molar-refractivity contribution in [2.75, 3.05) is 46.9 Å². The first kappa shape index (κ1) is 46.9. The summed E-state index contributed by atoms with van der Waals surface area (Å²) in [7, 11) is 3.29. The van der Waals surface area contributed by atoms with Crippen LogP contribution in [0.3, 0.4) is 0 Å². The number of rotatable bonds is 9. The van der Waals surface area contributed by atoms with Gasteiger partial charge >= 0.3 is 12.0 Å². The average molecular weight is 922 g/mol. The lowest BCUT2D eigenvalue weighted by Crippen LogP contribution is -2.65. The van der Waals surface area contributed by atoms with Gasteiger partial charge in [0.1, 0.15) is 18.1 Å². The number of hydrazine groups is 1. The van der Waals surface area contributed by atoms with Crippen molar-refractivity contribution >= 4 is 52.0 Å². The van der Waals surface area contributed by atoms with Gasteiger partial charge in [-0.25, -0.2) is 15.2 Å². The summed E-state index contributed by atoms with van der Waals surface area (Å²) in [6.45, 7) is 18.2. The molecule has 66 heavy (non-hydrogen) atoms. The summed E-state index contributed by atoms with van der Waals surface area (Å²) in [6, 6.07) is 7.17. The number of likely N-dealkylation sites (tertiary alicyclic amines) is 2. The van der Waals surface area contributed by atoms with E-state index in [1.54, 1.807) is 30.2 Å². The first-order valence-electron chi connectivity index (χ1n) is 23.1. The zero-order chi connectivity index (χ0) is 47.2. The summed E-state index contributed by atoms with van der Waals surface area (Å²) in [6.07, 6.45) is 4.48. The van der Waals surface area contributed by atoms with Crippen LogP contribution in [0, 0.1) is 17.3 Å². The number of hydrogen-bond acceptors (Lipinski definition) is 11. The third kappa shape index (κ3) is 8.96. The Morgan fingerprint density at radius 2 is 1.94 bits per heavy atom. The molecule has 4 aliphatic heterocycles. The summed E-state index contributed by atoms with van der Waals surface area (Å²) >= 11 is 1.41. The number of likely N-dealkylation sites (N-methyl/N-ethyl adjacent to an activating group) is 1. The number of aryl methyl sites for hydroxylation is 1. The molecule has 6 bridgehead atoms. The van der Waals surface area contributed by atoms with Crippen LogP contribution in [0.4, 0.5) is 4.79 Å². The van der Waals surface area contributed by atoms with E-state index in [4.69, 9.17) is 19.4 Å². The lowest BCUT2D eigenvalue weighted by Gasteiger charge is -2.46. The molecule has 6 atom stereocenters. The quantitative estimate of drug-likeness (QED) is 0.159. The molecule has 4 aromatic rings. The van der Waals surface area contributed by atoms with Gasteiger partial charge in [-0.1, -0.05) is 40.3 Å². The molecule has 3 aromatic heterocycles. The molecule has 17 heteroatoms. The molecule has 1 aromatic carbocycles. The topological polar surface area (TPSA) is 172 Å². The number of urea groups is 1. The molecule has 3 fully saturated rings. The first-order valence-corrected chi connectivity index (χ1v) is 24.0. The number of methoxy groups -OCH3 is 1. The van der Waals surface area contributed by atoms with Gasteiger partial charge in [0.25, 0.3) is 5.91 Å². The predicted octanol–water partition coefficient (Wildman–Crippen LogP) is 5.61. The molecule has 16 nitrogen and oxygen atoms in total. The Bertz CT molecular complexity index is 2530. The number of amides is 5. The normalized spacial score (nSPS) is 22.8. The van der Waals surface area contributed by atoms with E-state index < -0.39 is 41.3 Å². The molecule has 2 N–H and O–H groups in total. The number of fused-ring (bicyclic) bond motifs is 7. The summed E-state index contributed by atoms with van der Waals surface area (Å²) in [4.78, 5) is 84.2. The lowest BCUT2D eigenvalue weighted by atomic mass is 9.84. The van der Waals surface area contributed by atoms with Crippen LogP contribution in [0.25, 0.3) is 33.4 Å². The molecular formula is C49H63N9O7S. The van der Waals surface area contributed by atoms with Gasteiger partial charge < -0.3 is 34.1 Å². The molecule has 3 saturated heterocycles. The van der Waals surface area contributed by atoms with Crippen molar-refractivity contribution in [3.8, 4) is 22.5 Å². The van der Waals surface area contributed by atoms with E-state index in [2.05, 4.69) is 66.9 Å². The summed E-state index contributed by atoms with van der Waals surface area (Å²) in [5, 5.41) is 8.12. The highest BCUT2D eigenvalue weighted by atomic mass is 32.1. The van der Waals surface area contributed by atoms with Gasteiger partial charge in [0, 0.05) is 98.2 Å². The molecule has 4 aliphatic rings. The highest BCUT2D eigenvalue weighted by Crippen LogP contribution is 2.42. The monoisotopic (exact) mass is 921 g/mol. The fourth-order valence-electron chi connectivity index (χ4n) is 10.2. The second-order valence-corrected chi connectivity index (χ2v) is 20.2. The summed E-state index contributed by atoms with van der Waals surface area (Å²) in [5.41, 5.74) is 9.27. The van der Waals surface area contributed by atoms with E-state index in [0.29, 0.717) is 57.0 Å². The number of pyridine rings is 1. The first-order chi connectivity index (χ1) is 31.5. The maximum atomic E-state index is 14.6. The minimum Gasteiger partial charge on any atom is -0.464 e. The van der Waals surface area contributed by atoms with Gasteiger partial charge in [-0.3, -0.25) is 29.2 Å². The van der Waals surface area contributed by atoms with Crippen LogP contribution in [-0.2, 0) is 48.0 Å². The molecule has 8 rings (SSSR count). The van der Waals surface area contributed by atoms with Crippen LogP contribution in [0.1, 0.15) is 76.8 Å². The number of carbonyl (C=O) groups is 5. The van der Waals surface area contributed by atoms with Crippen molar-refractivity contribution in [1.82, 2.24) is 45.0 Å². The highest BCUT2D eigenvalue weighted by Gasteiger charge is 2.50. The number of hydrogen-bond donors (Lipinski definition) is 2. The second kappa shape index (κ2) is 18.9. The number of thiazole rings is 1. The Morgan fingerprint density at radius 1 is 1.15 bits per heavy atom. The molecule has 7 heterocycles. The summed E-state index contributed by atoms with van der Waals surface area (Å²) in [5.74, 6) is -1.67. The minimum absolute atomic E-state index is 0.0770. The van der Waals surface area contributed by atoms with Gasteiger partial charge in [0.15, 0.2) is 0 Å². The van der Waals surface area contributed by atoms with Gasteiger partial charge in [-0.15, -0.1) is 11.3 Å². The standard InChI is InChI=1S/C49H63N9O7S/c1-10-41(59)55-23-31-24-57(39(31)25-55)48(63)54(8)43(28(3)4)45(60)52-36-21-40-51-37(26-66-40)30-16-17-38-33(20-30)34(44(56(38)11-2)32-14-12-18-50-42(32)29(5)64-9)22-49(6,7)27-65-47(62)35-15-13-19-58(53-35)46(36)61/h10,12,14,16-18,20,26,28-29,31,35-36,39,43,53H,1,11,13,15,19,21-25,27H2,2-9H3,(H,52,60)/t29-,31+,35-,36-,39+,43?/m0/s1. The molecule has 352 valence electrons. The number of nitrogens with one attached hydrogen (secondary N) is 2. The fourth-order valence-corrected chi connectivity index (χ4v) is 11.1. The molecule has 0 spiro atoms. The zero-order valence-corrected chi connectivity index (χ0v) is 40.2. The van der Waals surface area contributed by atoms with E-state index in [0.717, 1.165) is 44.7 Å². The zero-order valence-electron chi connectivity index (χ0n) is 39.3. The third-order valence-electron chi connectivity index (χ3n) is 13.7.